The van der Waals surface area contributed by atoms with Crippen molar-refractivity contribution in [2.75, 3.05) is 6.61 Å². The second-order valence-corrected chi connectivity index (χ2v) is 3.98. The van der Waals surface area contributed by atoms with Gasteiger partial charge < -0.3 is 9.94 Å². The normalized spacial score (nSPS) is 15.6. The molecular weight excluding hydrogens is 216 g/mol. The highest BCUT2D eigenvalue weighted by atomic mass is 16.5. The lowest BCUT2D eigenvalue weighted by molar-refractivity contribution is 0.312. The molecule has 2 rings (SSSR count). The highest BCUT2D eigenvalue weighted by Crippen LogP contribution is 2.26. The zero-order valence-electron chi connectivity index (χ0n) is 9.52. The van der Waals surface area contributed by atoms with Crippen molar-refractivity contribution in [1.29, 1.82) is 5.26 Å². The van der Waals surface area contributed by atoms with Gasteiger partial charge in [0, 0.05) is 12.0 Å². The molecule has 4 nitrogen and oxygen atoms in total. The molecule has 0 saturated heterocycles. The first-order valence-corrected chi connectivity index (χ1v) is 5.69. The van der Waals surface area contributed by atoms with Gasteiger partial charge in [-0.3, -0.25) is 0 Å². The number of rotatable bonds is 4. The van der Waals surface area contributed by atoms with E-state index >= 15 is 0 Å². The van der Waals surface area contributed by atoms with Crippen LogP contribution in [-0.4, -0.2) is 17.5 Å². The van der Waals surface area contributed by atoms with Gasteiger partial charge in [0.1, 0.15) is 5.75 Å². The van der Waals surface area contributed by atoms with E-state index in [0.29, 0.717) is 13.0 Å². The van der Waals surface area contributed by atoms with E-state index in [1.54, 1.807) is 0 Å². The lowest BCUT2D eigenvalue weighted by atomic mass is 10.1. The molecule has 0 saturated carbocycles. The van der Waals surface area contributed by atoms with Crippen molar-refractivity contribution >= 4 is 5.71 Å². The summed E-state index contributed by atoms with van der Waals surface area (Å²) in [6, 6.07) is 7.88. The first-order chi connectivity index (χ1) is 8.35. The molecule has 0 aliphatic heterocycles. The zero-order chi connectivity index (χ0) is 12.1. The van der Waals surface area contributed by atoms with Crippen LogP contribution in [0.4, 0.5) is 0 Å². The smallest absolute Gasteiger partial charge is 0.119 e. The topological polar surface area (TPSA) is 65.6 Å². The first kappa shape index (κ1) is 11.5. The van der Waals surface area contributed by atoms with Gasteiger partial charge in [0.25, 0.3) is 0 Å². The monoisotopic (exact) mass is 230 g/mol. The molecule has 1 N–H and O–H groups in total. The van der Waals surface area contributed by atoms with Gasteiger partial charge in [0.2, 0.25) is 0 Å². The van der Waals surface area contributed by atoms with Gasteiger partial charge in [-0.25, -0.2) is 0 Å². The summed E-state index contributed by atoms with van der Waals surface area (Å²) >= 11 is 0. The van der Waals surface area contributed by atoms with Gasteiger partial charge in [-0.1, -0.05) is 5.16 Å². The highest BCUT2D eigenvalue weighted by Gasteiger charge is 2.18. The predicted molar refractivity (Wildman–Crippen MR) is 63.4 cm³/mol. The Morgan fingerprint density at radius 2 is 2.29 bits per heavy atom. The Balaban J connectivity index is 2.01. The van der Waals surface area contributed by atoms with Crippen molar-refractivity contribution in [3.8, 4) is 11.8 Å². The summed E-state index contributed by atoms with van der Waals surface area (Å²) in [5, 5.41) is 20.5. The molecule has 0 spiro atoms. The Kier molecular flexibility index (Phi) is 3.61. The number of oxime groups is 1. The fraction of sp³-hybridized carbons (Fsp3) is 0.385. The SMILES string of the molecule is N#CCCCOc1ccc2c(c1)CC/C2=N/O. The molecule has 0 bridgehead atoms. The Labute approximate surface area is 100 Å². The number of nitrogens with zero attached hydrogens (tertiary/aromatic N) is 2. The summed E-state index contributed by atoms with van der Waals surface area (Å²) in [6.07, 6.45) is 2.94. The fourth-order valence-corrected chi connectivity index (χ4v) is 1.98. The van der Waals surface area contributed by atoms with Crippen LogP contribution in [0.2, 0.25) is 0 Å². The van der Waals surface area contributed by atoms with Gasteiger partial charge >= 0.3 is 0 Å². The van der Waals surface area contributed by atoms with E-state index in [1.165, 1.54) is 0 Å². The number of benzene rings is 1. The molecule has 0 radical (unpaired) electrons. The van der Waals surface area contributed by atoms with E-state index in [2.05, 4.69) is 11.2 Å². The Hall–Kier alpha value is -2.02. The molecule has 88 valence electrons. The number of ether oxygens (including phenoxy) is 1. The molecule has 17 heavy (non-hydrogen) atoms. The second-order valence-electron chi connectivity index (χ2n) is 3.98. The van der Waals surface area contributed by atoms with Gasteiger partial charge in [-0.2, -0.15) is 5.26 Å². The van der Waals surface area contributed by atoms with Gasteiger partial charge in [-0.05, 0) is 43.0 Å². The summed E-state index contributed by atoms with van der Waals surface area (Å²) < 4.78 is 5.55. The maximum atomic E-state index is 8.81. The summed E-state index contributed by atoms with van der Waals surface area (Å²) in [5.41, 5.74) is 2.92. The van der Waals surface area contributed by atoms with E-state index in [-0.39, 0.29) is 0 Å². The molecule has 1 aromatic carbocycles. The number of hydrogen-bond acceptors (Lipinski definition) is 4. The minimum atomic E-state index is 0.520. The number of hydrogen-bond donors (Lipinski definition) is 1. The van der Waals surface area contributed by atoms with Crippen LogP contribution in [0.5, 0.6) is 5.75 Å². The molecule has 0 atom stereocenters. The highest BCUT2D eigenvalue weighted by molar-refractivity contribution is 6.04. The molecule has 0 heterocycles. The Morgan fingerprint density at radius 3 is 3.06 bits per heavy atom. The molecule has 4 heteroatoms. The van der Waals surface area contributed by atoms with Crippen LogP contribution in [0, 0.1) is 11.3 Å². The van der Waals surface area contributed by atoms with Gasteiger partial charge in [0.05, 0.1) is 18.4 Å². The second kappa shape index (κ2) is 5.35. The van der Waals surface area contributed by atoms with E-state index in [4.69, 9.17) is 15.2 Å². The van der Waals surface area contributed by atoms with Crippen LogP contribution in [-0.2, 0) is 6.42 Å². The first-order valence-electron chi connectivity index (χ1n) is 5.69. The Morgan fingerprint density at radius 1 is 1.41 bits per heavy atom. The standard InChI is InChI=1S/C13H14N2O2/c14-7-1-2-8-17-11-4-5-12-10(9-11)3-6-13(12)15-16/h4-5,9,16H,1-3,6,8H2/b15-13-. The van der Waals surface area contributed by atoms with Gasteiger partial charge in [0.15, 0.2) is 0 Å². The molecule has 1 aliphatic carbocycles. The van der Waals surface area contributed by atoms with Crippen molar-refractivity contribution in [1.82, 2.24) is 0 Å². The third-order valence-corrected chi connectivity index (χ3v) is 2.84. The molecule has 0 unspecified atom stereocenters. The zero-order valence-corrected chi connectivity index (χ0v) is 9.52. The number of aryl methyl sites for hydroxylation is 1. The molecule has 0 fully saturated rings. The maximum Gasteiger partial charge on any atom is 0.119 e. The minimum Gasteiger partial charge on any atom is -0.494 e. The van der Waals surface area contributed by atoms with Crippen molar-refractivity contribution < 1.29 is 9.94 Å². The molecule has 0 amide bonds. The molecule has 0 aromatic heterocycles. The maximum absolute atomic E-state index is 8.81. The van der Waals surface area contributed by atoms with Crippen molar-refractivity contribution in [3.63, 3.8) is 0 Å². The lowest BCUT2D eigenvalue weighted by Crippen LogP contribution is -1.98. The Bertz CT molecular complexity index is 475. The predicted octanol–water partition coefficient (Wildman–Crippen LogP) is 2.49. The third kappa shape index (κ3) is 2.56. The average Bonchev–Trinajstić information content (AvgIpc) is 2.77. The third-order valence-electron chi connectivity index (χ3n) is 2.84. The number of nitriles is 1. The van der Waals surface area contributed by atoms with E-state index in [9.17, 15) is 0 Å². The quantitative estimate of drug-likeness (QED) is 0.491. The summed E-state index contributed by atoms with van der Waals surface area (Å²) in [6.45, 7) is 0.563. The molecular formula is C13H14N2O2. The minimum absolute atomic E-state index is 0.520. The van der Waals surface area contributed by atoms with E-state index in [1.807, 2.05) is 18.2 Å². The van der Waals surface area contributed by atoms with Crippen LogP contribution in [0.25, 0.3) is 0 Å². The summed E-state index contributed by atoms with van der Waals surface area (Å²) in [4.78, 5) is 0. The van der Waals surface area contributed by atoms with Crippen molar-refractivity contribution in [2.24, 2.45) is 5.16 Å². The van der Waals surface area contributed by atoms with Crippen LogP contribution in [0.15, 0.2) is 23.4 Å². The van der Waals surface area contributed by atoms with E-state index < -0.39 is 0 Å². The fourth-order valence-electron chi connectivity index (χ4n) is 1.98. The average molecular weight is 230 g/mol. The number of fused-ring (bicyclic) bond motifs is 1. The van der Waals surface area contributed by atoms with Crippen LogP contribution in [0.1, 0.15) is 30.4 Å². The van der Waals surface area contributed by atoms with Crippen LogP contribution in [0.3, 0.4) is 0 Å². The molecule has 1 aliphatic rings. The summed E-state index contributed by atoms with van der Waals surface area (Å²) in [5.74, 6) is 0.820. The van der Waals surface area contributed by atoms with Crippen molar-refractivity contribution in [3.05, 3.63) is 29.3 Å². The van der Waals surface area contributed by atoms with Gasteiger partial charge in [-0.15, -0.1) is 0 Å². The lowest BCUT2D eigenvalue weighted by Gasteiger charge is -2.06. The van der Waals surface area contributed by atoms with Crippen molar-refractivity contribution in [2.45, 2.75) is 25.7 Å². The van der Waals surface area contributed by atoms with Crippen LogP contribution < -0.4 is 4.74 Å². The summed E-state index contributed by atoms with van der Waals surface area (Å²) in [7, 11) is 0. The van der Waals surface area contributed by atoms with Crippen LogP contribution >= 0.6 is 0 Å². The molecule has 1 aromatic rings. The van der Waals surface area contributed by atoms with E-state index in [0.717, 1.165) is 41.9 Å². The number of unbranched alkanes of at least 4 members (excludes halogenated alkanes) is 1. The largest absolute Gasteiger partial charge is 0.494 e.